The van der Waals surface area contributed by atoms with E-state index in [0.717, 1.165) is 0 Å². The molecule has 0 saturated carbocycles. The molecule has 1 unspecified atom stereocenters. The van der Waals surface area contributed by atoms with Crippen LogP contribution in [0, 0.1) is 5.92 Å². The second-order valence-electron chi connectivity index (χ2n) is 4.44. The second kappa shape index (κ2) is 4.65. The third-order valence-corrected chi connectivity index (χ3v) is 2.88. The lowest BCUT2D eigenvalue weighted by Gasteiger charge is -2.07. The fraction of sp³-hybridized carbons (Fsp3) is 0.462. The first-order chi connectivity index (χ1) is 8.11. The predicted octanol–water partition coefficient (Wildman–Crippen LogP) is 2.20. The molecule has 2 rings (SSSR count). The quantitative estimate of drug-likeness (QED) is 0.873. The van der Waals surface area contributed by atoms with Gasteiger partial charge in [-0.15, -0.1) is 0 Å². The van der Waals surface area contributed by atoms with Crippen LogP contribution in [-0.4, -0.2) is 30.8 Å². The van der Waals surface area contributed by atoms with Crippen LogP contribution in [-0.2, 0) is 4.74 Å². The van der Waals surface area contributed by atoms with E-state index in [1.165, 1.54) is 0 Å². The number of aliphatic imine (C=N–C) groups is 1. The summed E-state index contributed by atoms with van der Waals surface area (Å²) in [5.74, 6) is 1.77. The number of ether oxygens (including phenoxy) is 2. The fourth-order valence-electron chi connectivity index (χ4n) is 1.69. The smallest absolute Gasteiger partial charge is 0.220 e. The summed E-state index contributed by atoms with van der Waals surface area (Å²) in [6.07, 6.45) is 0. The van der Waals surface area contributed by atoms with E-state index < -0.39 is 0 Å². The minimum absolute atomic E-state index is 0.161. The normalized spacial score (nSPS) is 19.1. The lowest BCUT2D eigenvalue weighted by Crippen LogP contribution is -2.13. The third kappa shape index (κ3) is 2.35. The van der Waals surface area contributed by atoms with Crippen molar-refractivity contribution in [3.63, 3.8) is 0 Å². The Balaban J connectivity index is 2.31. The molecule has 4 nitrogen and oxygen atoms in total. The van der Waals surface area contributed by atoms with Crippen LogP contribution in [0.4, 0.5) is 0 Å². The molecule has 1 aliphatic rings. The molecule has 1 aromatic carbocycles. The van der Waals surface area contributed by atoms with Crippen molar-refractivity contribution in [3.8, 4) is 11.5 Å². The predicted molar refractivity (Wildman–Crippen MR) is 65.8 cm³/mol. The van der Waals surface area contributed by atoms with Gasteiger partial charge in [-0.25, -0.2) is 4.99 Å². The van der Waals surface area contributed by atoms with E-state index >= 15 is 0 Å². The Labute approximate surface area is 101 Å². The van der Waals surface area contributed by atoms with E-state index in [4.69, 9.17) is 9.47 Å². The summed E-state index contributed by atoms with van der Waals surface area (Å²) in [4.78, 5) is 4.47. The highest BCUT2D eigenvalue weighted by Crippen LogP contribution is 2.27. The highest BCUT2D eigenvalue weighted by atomic mass is 16.5. The number of phenolic OH excluding ortho intramolecular Hbond substituents is 1. The average molecular weight is 235 g/mol. The molecule has 0 amide bonds. The van der Waals surface area contributed by atoms with Crippen molar-refractivity contribution in [2.24, 2.45) is 10.9 Å². The molecular weight excluding hydrogens is 218 g/mol. The highest BCUT2D eigenvalue weighted by Gasteiger charge is 2.24. The highest BCUT2D eigenvalue weighted by molar-refractivity contribution is 5.98. The van der Waals surface area contributed by atoms with Crippen LogP contribution in [0.15, 0.2) is 23.2 Å². The first-order valence-electron chi connectivity index (χ1n) is 5.69. The maximum atomic E-state index is 9.80. The first kappa shape index (κ1) is 11.8. The van der Waals surface area contributed by atoms with E-state index in [1.807, 2.05) is 0 Å². The number of methoxy groups -OCH3 is 1. The van der Waals surface area contributed by atoms with Gasteiger partial charge in [0.05, 0.1) is 18.7 Å². The molecule has 0 aliphatic carbocycles. The molecule has 4 heteroatoms. The Morgan fingerprint density at radius 1 is 1.47 bits per heavy atom. The monoisotopic (exact) mass is 235 g/mol. The summed E-state index contributed by atoms with van der Waals surface area (Å²) in [6, 6.07) is 5.18. The number of benzene rings is 1. The number of phenols is 1. The lowest BCUT2D eigenvalue weighted by molar-refractivity contribution is 0.291. The molecule has 1 heterocycles. The molecule has 0 aromatic heterocycles. The summed E-state index contributed by atoms with van der Waals surface area (Å²) in [5, 5.41) is 9.80. The summed E-state index contributed by atoms with van der Waals surface area (Å²) < 4.78 is 10.6. The summed E-state index contributed by atoms with van der Waals surface area (Å²) in [7, 11) is 1.59. The molecule has 0 fully saturated rings. The summed E-state index contributed by atoms with van der Waals surface area (Å²) in [5.41, 5.74) is 0.590. The van der Waals surface area contributed by atoms with Crippen LogP contribution < -0.4 is 4.74 Å². The zero-order valence-electron chi connectivity index (χ0n) is 10.3. The minimum atomic E-state index is 0.161. The molecule has 92 valence electrons. The first-order valence-corrected chi connectivity index (χ1v) is 5.69. The lowest BCUT2D eigenvalue weighted by atomic mass is 10.1. The van der Waals surface area contributed by atoms with Crippen molar-refractivity contribution in [2.75, 3.05) is 13.7 Å². The molecular formula is C13H17NO3. The van der Waals surface area contributed by atoms with Gasteiger partial charge in [0.2, 0.25) is 5.90 Å². The van der Waals surface area contributed by atoms with Gasteiger partial charge < -0.3 is 14.6 Å². The van der Waals surface area contributed by atoms with Gasteiger partial charge in [-0.2, -0.15) is 0 Å². The van der Waals surface area contributed by atoms with Gasteiger partial charge in [-0.3, -0.25) is 0 Å². The van der Waals surface area contributed by atoms with Gasteiger partial charge in [-0.05, 0) is 24.1 Å². The van der Waals surface area contributed by atoms with Gasteiger partial charge in [0, 0.05) is 0 Å². The van der Waals surface area contributed by atoms with Gasteiger partial charge in [0.1, 0.15) is 18.1 Å². The number of rotatable bonds is 3. The molecule has 1 atom stereocenters. The average Bonchev–Trinajstić information content (AvgIpc) is 2.79. The van der Waals surface area contributed by atoms with Crippen molar-refractivity contribution in [1.29, 1.82) is 0 Å². The van der Waals surface area contributed by atoms with E-state index in [0.29, 0.717) is 29.7 Å². The molecule has 1 aromatic rings. The molecule has 0 spiro atoms. The van der Waals surface area contributed by atoms with E-state index in [1.54, 1.807) is 25.3 Å². The summed E-state index contributed by atoms with van der Waals surface area (Å²) in [6.45, 7) is 4.78. The van der Waals surface area contributed by atoms with Crippen LogP contribution in [0.5, 0.6) is 11.5 Å². The van der Waals surface area contributed by atoms with E-state index in [2.05, 4.69) is 18.8 Å². The largest absolute Gasteiger partial charge is 0.507 e. The SMILES string of the molecule is COc1ccc(O)c(C2=NC(C(C)C)CO2)c1. The molecule has 0 bridgehead atoms. The Kier molecular flexibility index (Phi) is 3.22. The summed E-state index contributed by atoms with van der Waals surface area (Å²) >= 11 is 0. The van der Waals surface area contributed by atoms with Gasteiger partial charge in [-0.1, -0.05) is 13.8 Å². The number of aromatic hydroxyl groups is 1. The minimum Gasteiger partial charge on any atom is -0.507 e. The zero-order valence-corrected chi connectivity index (χ0v) is 10.3. The third-order valence-electron chi connectivity index (χ3n) is 2.88. The Bertz CT molecular complexity index is 440. The van der Waals surface area contributed by atoms with Crippen LogP contribution in [0.3, 0.4) is 0 Å². The van der Waals surface area contributed by atoms with Crippen molar-refractivity contribution in [2.45, 2.75) is 19.9 Å². The van der Waals surface area contributed by atoms with Crippen LogP contribution in [0.2, 0.25) is 0 Å². The Morgan fingerprint density at radius 3 is 2.82 bits per heavy atom. The van der Waals surface area contributed by atoms with Crippen LogP contribution >= 0.6 is 0 Å². The van der Waals surface area contributed by atoms with Gasteiger partial charge in [0.15, 0.2) is 0 Å². The Morgan fingerprint density at radius 2 is 2.24 bits per heavy atom. The Hall–Kier alpha value is -1.71. The van der Waals surface area contributed by atoms with Gasteiger partial charge in [0.25, 0.3) is 0 Å². The molecule has 0 radical (unpaired) electrons. The van der Waals surface area contributed by atoms with E-state index in [-0.39, 0.29) is 11.8 Å². The number of hydrogen-bond acceptors (Lipinski definition) is 4. The van der Waals surface area contributed by atoms with Crippen molar-refractivity contribution >= 4 is 5.90 Å². The maximum Gasteiger partial charge on any atom is 0.220 e. The molecule has 1 N–H and O–H groups in total. The fourth-order valence-corrected chi connectivity index (χ4v) is 1.69. The van der Waals surface area contributed by atoms with Gasteiger partial charge >= 0.3 is 0 Å². The van der Waals surface area contributed by atoms with Crippen LogP contribution in [0.25, 0.3) is 0 Å². The number of nitrogens with zero attached hydrogens (tertiary/aromatic N) is 1. The maximum absolute atomic E-state index is 9.80. The van der Waals surface area contributed by atoms with Crippen molar-refractivity contribution in [3.05, 3.63) is 23.8 Å². The van der Waals surface area contributed by atoms with Crippen LogP contribution in [0.1, 0.15) is 19.4 Å². The second-order valence-corrected chi connectivity index (χ2v) is 4.44. The number of hydrogen-bond donors (Lipinski definition) is 1. The van der Waals surface area contributed by atoms with E-state index in [9.17, 15) is 5.11 Å². The van der Waals surface area contributed by atoms with Crippen molar-refractivity contribution in [1.82, 2.24) is 0 Å². The molecule has 1 aliphatic heterocycles. The standard InChI is InChI=1S/C13H17NO3/c1-8(2)11-7-17-13(14-11)10-6-9(16-3)4-5-12(10)15/h4-6,8,11,15H,7H2,1-3H3. The zero-order chi connectivity index (χ0) is 12.4. The molecule has 0 saturated heterocycles. The van der Waals surface area contributed by atoms with Crippen molar-refractivity contribution < 1.29 is 14.6 Å². The molecule has 17 heavy (non-hydrogen) atoms. The topological polar surface area (TPSA) is 51.0 Å².